The molecule has 1 rings (SSSR count). The van der Waals surface area contributed by atoms with Gasteiger partial charge in [0.2, 0.25) is 0 Å². The molecule has 0 unspecified atom stereocenters. The van der Waals surface area contributed by atoms with Gasteiger partial charge in [-0.2, -0.15) is 0 Å². The molecule has 0 radical (unpaired) electrons. The van der Waals surface area contributed by atoms with Crippen molar-refractivity contribution in [2.45, 2.75) is 0 Å². The highest BCUT2D eigenvalue weighted by Gasteiger charge is 2.07. The van der Waals surface area contributed by atoms with Crippen LogP contribution in [0.2, 0.25) is 0 Å². The molecule has 0 fully saturated rings. The lowest BCUT2D eigenvalue weighted by Crippen LogP contribution is -2.38. The second-order valence-electron chi connectivity index (χ2n) is 2.63. The second kappa shape index (κ2) is 4.94. The van der Waals surface area contributed by atoms with E-state index in [1.165, 1.54) is 18.2 Å². The molecule has 0 heterocycles. The van der Waals surface area contributed by atoms with Crippen molar-refractivity contribution in [3.8, 4) is 5.75 Å². The lowest BCUT2D eigenvalue weighted by atomic mass is 10.3. The van der Waals surface area contributed by atoms with E-state index in [4.69, 9.17) is 10.5 Å². The Morgan fingerprint density at radius 2 is 2.07 bits per heavy atom. The molecular weight excluding hydrogens is 203 g/mol. The van der Waals surface area contributed by atoms with Gasteiger partial charge in [0.05, 0.1) is 0 Å². The van der Waals surface area contributed by atoms with Crippen LogP contribution in [-0.2, 0) is 4.79 Å². The Morgan fingerprint density at radius 1 is 1.40 bits per heavy atom. The van der Waals surface area contributed by atoms with E-state index >= 15 is 0 Å². The van der Waals surface area contributed by atoms with Crippen LogP contribution >= 0.6 is 0 Å². The Bertz CT molecular complexity index is 381. The number of para-hydroxylation sites is 1. The average Bonchev–Trinajstić information content (AvgIpc) is 2.15. The topological polar surface area (TPSA) is 81.4 Å². The number of primary amides is 1. The summed E-state index contributed by atoms with van der Waals surface area (Å²) >= 11 is 0. The number of carbonyl (C=O) groups is 2. The molecule has 6 heteroatoms. The lowest BCUT2D eigenvalue weighted by Gasteiger charge is -2.05. The Hall–Kier alpha value is -2.11. The van der Waals surface area contributed by atoms with Gasteiger partial charge >= 0.3 is 6.03 Å². The SMILES string of the molecule is NC(=O)NC(=O)COc1ccccc1F. The largest absolute Gasteiger partial charge is 0.481 e. The van der Waals surface area contributed by atoms with Crippen LogP contribution in [0.25, 0.3) is 0 Å². The van der Waals surface area contributed by atoms with Crippen molar-refractivity contribution in [2.24, 2.45) is 5.73 Å². The minimum atomic E-state index is -0.975. The van der Waals surface area contributed by atoms with Crippen LogP contribution in [0.1, 0.15) is 0 Å². The van der Waals surface area contributed by atoms with Gasteiger partial charge in [0.1, 0.15) is 0 Å². The van der Waals surface area contributed by atoms with Crippen LogP contribution in [0.15, 0.2) is 24.3 Å². The summed E-state index contributed by atoms with van der Waals surface area (Å²) in [5, 5.41) is 1.78. The van der Waals surface area contributed by atoms with E-state index in [9.17, 15) is 14.0 Å². The van der Waals surface area contributed by atoms with E-state index in [1.54, 1.807) is 11.4 Å². The molecule has 0 spiro atoms. The van der Waals surface area contributed by atoms with E-state index in [0.29, 0.717) is 0 Å². The Kier molecular flexibility index (Phi) is 3.61. The molecule has 3 amide bonds. The van der Waals surface area contributed by atoms with E-state index in [2.05, 4.69) is 0 Å². The van der Waals surface area contributed by atoms with E-state index in [1.807, 2.05) is 0 Å². The summed E-state index contributed by atoms with van der Waals surface area (Å²) in [7, 11) is 0. The number of ether oxygens (including phenoxy) is 1. The number of carbonyl (C=O) groups excluding carboxylic acids is 2. The minimum Gasteiger partial charge on any atom is -0.481 e. The molecule has 1 aromatic rings. The Morgan fingerprint density at radius 3 is 2.67 bits per heavy atom. The van der Waals surface area contributed by atoms with Crippen molar-refractivity contribution < 1.29 is 18.7 Å². The third-order valence-corrected chi connectivity index (χ3v) is 1.46. The van der Waals surface area contributed by atoms with Crippen molar-refractivity contribution in [1.29, 1.82) is 0 Å². The molecule has 0 aliphatic rings. The average molecular weight is 212 g/mol. The minimum absolute atomic E-state index is 0.0582. The molecule has 0 saturated carbocycles. The summed E-state index contributed by atoms with van der Waals surface area (Å²) in [6.45, 7) is -0.468. The fourth-order valence-electron chi connectivity index (χ4n) is 0.879. The number of urea groups is 1. The maximum absolute atomic E-state index is 13.0. The van der Waals surface area contributed by atoms with Crippen molar-refractivity contribution in [1.82, 2.24) is 5.32 Å². The number of halogens is 1. The van der Waals surface area contributed by atoms with Crippen LogP contribution in [0, 0.1) is 5.82 Å². The zero-order valence-electron chi connectivity index (χ0n) is 7.70. The van der Waals surface area contributed by atoms with Gasteiger partial charge in [0, 0.05) is 0 Å². The standard InChI is InChI=1S/C9H9FN2O3/c10-6-3-1-2-4-7(6)15-5-8(13)12-9(11)14/h1-4H,5H2,(H3,11,12,13,14). The maximum Gasteiger partial charge on any atom is 0.318 e. The van der Waals surface area contributed by atoms with Crippen LogP contribution in [0.3, 0.4) is 0 Å². The number of nitrogens with two attached hydrogens (primary N) is 1. The van der Waals surface area contributed by atoms with Gasteiger partial charge < -0.3 is 10.5 Å². The zero-order chi connectivity index (χ0) is 11.3. The molecule has 0 aliphatic heterocycles. The van der Waals surface area contributed by atoms with Gasteiger partial charge in [0.25, 0.3) is 5.91 Å². The third-order valence-electron chi connectivity index (χ3n) is 1.46. The van der Waals surface area contributed by atoms with Crippen molar-refractivity contribution in [3.05, 3.63) is 30.1 Å². The smallest absolute Gasteiger partial charge is 0.318 e. The lowest BCUT2D eigenvalue weighted by molar-refractivity contribution is -0.121. The van der Waals surface area contributed by atoms with Crippen molar-refractivity contribution in [3.63, 3.8) is 0 Å². The molecule has 0 saturated heterocycles. The van der Waals surface area contributed by atoms with Gasteiger partial charge in [0.15, 0.2) is 18.2 Å². The molecule has 0 bridgehead atoms. The number of benzene rings is 1. The zero-order valence-corrected chi connectivity index (χ0v) is 7.70. The van der Waals surface area contributed by atoms with E-state index in [0.717, 1.165) is 0 Å². The summed E-state index contributed by atoms with van der Waals surface area (Å²) in [4.78, 5) is 21.1. The maximum atomic E-state index is 13.0. The van der Waals surface area contributed by atoms with E-state index < -0.39 is 24.4 Å². The molecule has 0 aromatic heterocycles. The summed E-state index contributed by atoms with van der Waals surface area (Å²) < 4.78 is 17.8. The first-order chi connectivity index (χ1) is 7.09. The Labute approximate surface area is 85.0 Å². The molecule has 0 aliphatic carbocycles. The fourth-order valence-corrected chi connectivity index (χ4v) is 0.879. The highest BCUT2D eigenvalue weighted by Crippen LogP contribution is 2.14. The van der Waals surface area contributed by atoms with Crippen molar-refractivity contribution >= 4 is 11.9 Å². The molecule has 1 aromatic carbocycles. The first-order valence-corrected chi connectivity index (χ1v) is 4.06. The summed E-state index contributed by atoms with van der Waals surface area (Å²) in [5.41, 5.74) is 4.69. The van der Waals surface area contributed by atoms with Crippen LogP contribution < -0.4 is 15.8 Å². The summed E-state index contributed by atoms with van der Waals surface area (Å²) in [6, 6.07) is 4.64. The quantitative estimate of drug-likeness (QED) is 0.760. The number of hydrogen-bond donors (Lipinski definition) is 2. The van der Waals surface area contributed by atoms with E-state index in [-0.39, 0.29) is 5.75 Å². The number of hydrogen-bond acceptors (Lipinski definition) is 3. The highest BCUT2D eigenvalue weighted by molar-refractivity contribution is 5.94. The highest BCUT2D eigenvalue weighted by atomic mass is 19.1. The molecule has 15 heavy (non-hydrogen) atoms. The number of rotatable bonds is 3. The first-order valence-electron chi connectivity index (χ1n) is 4.06. The third kappa shape index (κ3) is 3.63. The number of imide groups is 1. The first kappa shape index (κ1) is 11.0. The van der Waals surface area contributed by atoms with Gasteiger partial charge in [-0.3, -0.25) is 10.1 Å². The van der Waals surface area contributed by atoms with Crippen molar-refractivity contribution in [2.75, 3.05) is 6.61 Å². The monoisotopic (exact) mass is 212 g/mol. The van der Waals surface area contributed by atoms with Crippen LogP contribution in [-0.4, -0.2) is 18.5 Å². The molecule has 0 atom stereocenters. The molecule has 5 nitrogen and oxygen atoms in total. The Balaban J connectivity index is 2.47. The summed E-state index contributed by atoms with van der Waals surface area (Å²) in [5.74, 6) is -1.37. The van der Waals surface area contributed by atoms with Crippen LogP contribution in [0.4, 0.5) is 9.18 Å². The van der Waals surface area contributed by atoms with Gasteiger partial charge in [-0.1, -0.05) is 12.1 Å². The molecule has 80 valence electrons. The number of amides is 3. The molecular formula is C9H9FN2O3. The predicted octanol–water partition coefficient (Wildman–Crippen LogP) is 0.399. The van der Waals surface area contributed by atoms with Gasteiger partial charge in [-0.15, -0.1) is 0 Å². The number of nitrogens with one attached hydrogen (secondary N) is 1. The van der Waals surface area contributed by atoms with Gasteiger partial charge in [-0.05, 0) is 12.1 Å². The summed E-state index contributed by atoms with van der Waals surface area (Å²) in [6.07, 6.45) is 0. The predicted molar refractivity (Wildman–Crippen MR) is 49.6 cm³/mol. The van der Waals surface area contributed by atoms with Gasteiger partial charge in [-0.25, -0.2) is 9.18 Å². The second-order valence-corrected chi connectivity index (χ2v) is 2.63. The van der Waals surface area contributed by atoms with Crippen LogP contribution in [0.5, 0.6) is 5.75 Å². The molecule has 3 N–H and O–H groups in total. The normalized spacial score (nSPS) is 9.40. The fraction of sp³-hybridized carbons (Fsp3) is 0.111.